The van der Waals surface area contributed by atoms with E-state index in [1.807, 2.05) is 37.3 Å². The largest absolute Gasteiger partial charge is 0.481 e. The van der Waals surface area contributed by atoms with Crippen molar-refractivity contribution in [2.45, 2.75) is 70.4 Å². The van der Waals surface area contributed by atoms with Crippen molar-refractivity contribution in [1.29, 1.82) is 0 Å². The second-order valence-electron chi connectivity index (χ2n) is 11.1. The van der Waals surface area contributed by atoms with Gasteiger partial charge in [-0.3, -0.25) is 9.59 Å². The molecule has 1 saturated heterocycles. The Hall–Kier alpha value is -2.09. The first-order valence-corrected chi connectivity index (χ1v) is 15.8. The first kappa shape index (κ1) is 28.9. The molecule has 4 rings (SSSR count). The average molecular weight is 581 g/mol. The van der Waals surface area contributed by atoms with Gasteiger partial charge in [0.05, 0.1) is 29.4 Å². The number of rotatable bonds is 10. The molecular weight excluding hydrogens is 545 g/mol. The van der Waals surface area contributed by atoms with Gasteiger partial charge in [0.1, 0.15) is 0 Å². The van der Waals surface area contributed by atoms with Gasteiger partial charge in [-0.1, -0.05) is 67.7 Å². The number of hydrogen-bond donors (Lipinski definition) is 1. The van der Waals surface area contributed by atoms with Gasteiger partial charge >= 0.3 is 5.97 Å². The number of amides is 1. The minimum Gasteiger partial charge on any atom is -0.481 e. The molecule has 0 spiro atoms. The van der Waals surface area contributed by atoms with Crippen LogP contribution in [0.5, 0.6) is 0 Å². The lowest BCUT2D eigenvalue weighted by molar-refractivity contribution is -0.160. The summed E-state index contributed by atoms with van der Waals surface area (Å²) >= 11 is 12.6. The van der Waals surface area contributed by atoms with Crippen LogP contribution < -0.4 is 0 Å². The van der Waals surface area contributed by atoms with Crippen LogP contribution in [0, 0.1) is 11.3 Å². The molecule has 9 heteroatoms. The lowest BCUT2D eigenvalue weighted by atomic mass is 9.67. The van der Waals surface area contributed by atoms with E-state index in [2.05, 4.69) is 0 Å². The van der Waals surface area contributed by atoms with E-state index in [9.17, 15) is 23.1 Å². The number of carboxylic acids is 1. The molecule has 2 aromatic rings. The molecule has 1 aliphatic carbocycles. The third-order valence-corrected chi connectivity index (χ3v) is 10.5. The average Bonchev–Trinajstić information content (AvgIpc) is 2.82. The topological polar surface area (TPSA) is 91.8 Å². The van der Waals surface area contributed by atoms with Crippen molar-refractivity contribution in [3.8, 4) is 0 Å². The van der Waals surface area contributed by atoms with Crippen LogP contribution in [0.2, 0.25) is 10.0 Å². The molecule has 2 aliphatic rings. The second kappa shape index (κ2) is 11.6. The highest BCUT2D eigenvalue weighted by atomic mass is 35.5. The van der Waals surface area contributed by atoms with Gasteiger partial charge in [-0.05, 0) is 67.0 Å². The number of sulfone groups is 1. The summed E-state index contributed by atoms with van der Waals surface area (Å²) in [5, 5.41) is 10.8. The zero-order valence-electron chi connectivity index (χ0n) is 21.8. The highest BCUT2D eigenvalue weighted by Crippen LogP contribution is 2.52. The summed E-state index contributed by atoms with van der Waals surface area (Å²) in [7, 11) is -3.44. The predicted octanol–water partition coefficient (Wildman–Crippen LogP) is 6.53. The Kier molecular flexibility index (Phi) is 8.80. The normalized spacial score (nSPS) is 25.2. The summed E-state index contributed by atoms with van der Waals surface area (Å²) in [6.07, 6.45) is 3.24. The van der Waals surface area contributed by atoms with Gasteiger partial charge in [-0.2, -0.15) is 0 Å². The maximum absolute atomic E-state index is 14.3. The number of halogens is 2. The van der Waals surface area contributed by atoms with Crippen LogP contribution in [-0.4, -0.2) is 47.8 Å². The van der Waals surface area contributed by atoms with Crippen LogP contribution >= 0.6 is 23.2 Å². The second-order valence-corrected chi connectivity index (χ2v) is 14.2. The third-order valence-electron chi connectivity index (χ3n) is 8.16. The van der Waals surface area contributed by atoms with Gasteiger partial charge in [0.25, 0.3) is 0 Å². The zero-order valence-corrected chi connectivity index (χ0v) is 24.1. The van der Waals surface area contributed by atoms with E-state index in [1.165, 1.54) is 0 Å². The summed E-state index contributed by atoms with van der Waals surface area (Å²) in [4.78, 5) is 27.9. The predicted molar refractivity (Wildman–Crippen MR) is 150 cm³/mol. The Balaban J connectivity index is 1.84. The van der Waals surface area contributed by atoms with Crippen LogP contribution in [-0.2, 0) is 19.4 Å². The number of carboxylic acid groups (broad SMARTS) is 1. The SMILES string of the molecule is CC[C@@H](CS(=O)(=O)CC1CCC1)N1C(=O)[C@@](C)(CC(=O)O)C[C@H](c2cccc(Cl)c2)[C@H]1c1ccc(Cl)cc1. The van der Waals surface area contributed by atoms with Gasteiger partial charge in [-0.15, -0.1) is 0 Å². The minimum atomic E-state index is -3.44. The number of benzene rings is 2. The number of nitrogens with zero attached hydrogens (tertiary/aromatic N) is 1. The molecule has 2 aromatic carbocycles. The summed E-state index contributed by atoms with van der Waals surface area (Å²) in [5.41, 5.74) is 0.478. The molecule has 2 fully saturated rings. The van der Waals surface area contributed by atoms with E-state index in [0.717, 1.165) is 30.4 Å². The van der Waals surface area contributed by atoms with Crippen molar-refractivity contribution in [3.63, 3.8) is 0 Å². The standard InChI is InChI=1S/C29H35Cl2NO5S/c1-3-24(18-38(36,37)17-19-6-4-7-19)32-27(20-10-12-22(30)13-11-20)25(21-8-5-9-23(31)14-21)15-29(2,28(32)35)16-26(33)34/h5,8-14,19,24-25,27H,3-4,6-7,15-18H2,1-2H3,(H,33,34)/t24-,25+,27+,29+/m0/s1. The summed E-state index contributed by atoms with van der Waals surface area (Å²) in [6, 6.07) is 13.5. The van der Waals surface area contributed by atoms with Crippen molar-refractivity contribution in [2.24, 2.45) is 11.3 Å². The Morgan fingerprint density at radius 1 is 1.11 bits per heavy atom. The molecule has 1 heterocycles. The van der Waals surface area contributed by atoms with Crippen LogP contribution in [0.3, 0.4) is 0 Å². The first-order chi connectivity index (χ1) is 17.9. The summed E-state index contributed by atoms with van der Waals surface area (Å²) < 4.78 is 26.6. The van der Waals surface area contributed by atoms with Gasteiger partial charge in [0.15, 0.2) is 9.84 Å². The van der Waals surface area contributed by atoms with E-state index < -0.39 is 33.3 Å². The highest BCUT2D eigenvalue weighted by molar-refractivity contribution is 7.91. The van der Waals surface area contributed by atoms with E-state index >= 15 is 0 Å². The molecule has 1 aliphatic heterocycles. The van der Waals surface area contributed by atoms with Crippen molar-refractivity contribution in [1.82, 2.24) is 4.90 Å². The zero-order chi connectivity index (χ0) is 27.7. The van der Waals surface area contributed by atoms with E-state index in [1.54, 1.807) is 30.0 Å². The molecule has 1 N–H and O–H groups in total. The molecule has 0 radical (unpaired) electrons. The Morgan fingerprint density at radius 2 is 1.79 bits per heavy atom. The van der Waals surface area contributed by atoms with Crippen molar-refractivity contribution in [2.75, 3.05) is 11.5 Å². The third kappa shape index (κ3) is 6.37. The van der Waals surface area contributed by atoms with Crippen LogP contribution in [0.1, 0.15) is 75.5 Å². The summed E-state index contributed by atoms with van der Waals surface area (Å²) in [6.45, 7) is 3.56. The molecule has 1 saturated carbocycles. The van der Waals surface area contributed by atoms with Crippen molar-refractivity contribution < 1.29 is 23.1 Å². The smallest absolute Gasteiger partial charge is 0.304 e. The molecule has 0 aromatic heterocycles. The molecule has 4 atom stereocenters. The highest BCUT2D eigenvalue weighted by Gasteiger charge is 2.52. The Labute approximate surface area is 235 Å². The van der Waals surface area contributed by atoms with Gasteiger partial charge < -0.3 is 10.0 Å². The maximum atomic E-state index is 14.3. The molecule has 1 amide bonds. The summed E-state index contributed by atoms with van der Waals surface area (Å²) in [5.74, 6) is -1.55. The number of likely N-dealkylation sites (tertiary alicyclic amines) is 1. The van der Waals surface area contributed by atoms with Crippen LogP contribution in [0.25, 0.3) is 0 Å². The minimum absolute atomic E-state index is 0.126. The Bertz CT molecular complexity index is 1280. The lowest BCUT2D eigenvalue weighted by Gasteiger charge is -2.51. The fourth-order valence-corrected chi connectivity index (χ4v) is 8.55. The first-order valence-electron chi connectivity index (χ1n) is 13.2. The van der Waals surface area contributed by atoms with Gasteiger partial charge in [-0.25, -0.2) is 8.42 Å². The number of hydrogen-bond acceptors (Lipinski definition) is 4. The number of piperidine rings is 1. The molecule has 6 nitrogen and oxygen atoms in total. The monoisotopic (exact) mass is 579 g/mol. The van der Waals surface area contributed by atoms with Crippen LogP contribution in [0.4, 0.5) is 0 Å². The number of aliphatic carboxylic acids is 1. The van der Waals surface area contributed by atoms with E-state index in [-0.39, 0.29) is 42.1 Å². The van der Waals surface area contributed by atoms with Gasteiger partial charge in [0, 0.05) is 22.0 Å². The fourth-order valence-electron chi connectivity index (χ4n) is 6.06. The molecule has 0 unspecified atom stereocenters. The molecule has 38 heavy (non-hydrogen) atoms. The molecule has 206 valence electrons. The van der Waals surface area contributed by atoms with Crippen molar-refractivity contribution in [3.05, 3.63) is 69.7 Å². The van der Waals surface area contributed by atoms with Crippen LogP contribution in [0.15, 0.2) is 48.5 Å². The molecular formula is C29H35Cl2NO5S. The number of carbonyl (C=O) groups excluding carboxylic acids is 1. The Morgan fingerprint density at radius 3 is 2.34 bits per heavy atom. The van der Waals surface area contributed by atoms with Crippen molar-refractivity contribution >= 4 is 44.9 Å². The number of carbonyl (C=O) groups is 2. The quantitative estimate of drug-likeness (QED) is 0.345. The fraction of sp³-hybridized carbons (Fsp3) is 0.517. The maximum Gasteiger partial charge on any atom is 0.304 e. The lowest BCUT2D eigenvalue weighted by Crippen LogP contribution is -2.57. The van der Waals surface area contributed by atoms with Gasteiger partial charge in [0.2, 0.25) is 5.91 Å². The van der Waals surface area contributed by atoms with E-state index in [0.29, 0.717) is 16.5 Å². The van der Waals surface area contributed by atoms with E-state index in [4.69, 9.17) is 23.2 Å². The molecule has 0 bridgehead atoms.